The quantitative estimate of drug-likeness (QED) is 0.393. The van der Waals surface area contributed by atoms with Gasteiger partial charge < -0.3 is 15.2 Å². The number of carbonyl (C=O) groups excluding carboxylic acids is 2. The first kappa shape index (κ1) is 24.0. The molecule has 4 rings (SSSR count). The summed E-state index contributed by atoms with van der Waals surface area (Å²) in [5.74, 6) is -1.05. The molecule has 0 radical (unpaired) electrons. The Morgan fingerprint density at radius 1 is 0.914 bits per heavy atom. The maximum atomic E-state index is 12.4. The second kappa shape index (κ2) is 10.9. The van der Waals surface area contributed by atoms with Crippen LogP contribution in [0.3, 0.4) is 0 Å². The Morgan fingerprint density at radius 3 is 2.11 bits per heavy atom. The summed E-state index contributed by atoms with van der Waals surface area (Å²) in [6, 6.07) is 22.8. The van der Waals surface area contributed by atoms with Crippen molar-refractivity contribution in [2.45, 2.75) is 25.7 Å². The number of hydrogen-bond donors (Lipinski definition) is 3. The third-order valence-electron chi connectivity index (χ3n) is 6.20. The third-order valence-corrected chi connectivity index (χ3v) is 6.20. The zero-order valence-electron chi connectivity index (χ0n) is 19.5. The first-order valence-electron chi connectivity index (χ1n) is 11.6. The Hall–Kier alpha value is -4.13. The average Bonchev–Trinajstić information content (AvgIpc) is 3.19. The number of hydrogen-bond acceptors (Lipinski definition) is 4. The normalized spacial score (nSPS) is 12.8. The number of nitrogens with one attached hydrogen (secondary N) is 2. The molecular formula is C28H28N2O5. The zero-order chi connectivity index (χ0) is 24.8. The van der Waals surface area contributed by atoms with Crippen molar-refractivity contribution in [1.29, 1.82) is 0 Å². The summed E-state index contributed by atoms with van der Waals surface area (Å²) < 4.78 is 5.55. The molecule has 7 heteroatoms. The van der Waals surface area contributed by atoms with E-state index in [0.29, 0.717) is 24.2 Å². The van der Waals surface area contributed by atoms with Crippen LogP contribution in [0.5, 0.6) is 0 Å². The second-order valence-corrected chi connectivity index (χ2v) is 8.78. The van der Waals surface area contributed by atoms with Crippen molar-refractivity contribution in [3.8, 4) is 11.1 Å². The minimum Gasteiger partial charge on any atom is -0.481 e. The fourth-order valence-corrected chi connectivity index (χ4v) is 4.30. The summed E-state index contributed by atoms with van der Waals surface area (Å²) in [6.07, 6.45) is 0.0163. The van der Waals surface area contributed by atoms with Crippen molar-refractivity contribution in [2.24, 2.45) is 5.92 Å². The highest BCUT2D eigenvalue weighted by Crippen LogP contribution is 2.44. The van der Waals surface area contributed by atoms with E-state index in [1.807, 2.05) is 31.2 Å². The van der Waals surface area contributed by atoms with Gasteiger partial charge >= 0.3 is 12.1 Å². The molecular weight excluding hydrogens is 444 g/mol. The summed E-state index contributed by atoms with van der Waals surface area (Å²) in [7, 11) is 0. The van der Waals surface area contributed by atoms with Crippen LogP contribution in [0.2, 0.25) is 0 Å². The molecule has 180 valence electrons. The summed E-state index contributed by atoms with van der Waals surface area (Å²) in [5.41, 5.74) is 5.61. The molecule has 0 spiro atoms. The number of rotatable bonds is 9. The molecule has 0 saturated heterocycles. The van der Waals surface area contributed by atoms with Crippen LogP contribution in [0.1, 0.15) is 47.2 Å². The number of anilines is 1. The predicted octanol–water partition coefficient (Wildman–Crippen LogP) is 5.28. The first-order chi connectivity index (χ1) is 16.9. The van der Waals surface area contributed by atoms with Crippen molar-refractivity contribution >= 4 is 23.7 Å². The smallest absolute Gasteiger partial charge is 0.411 e. The van der Waals surface area contributed by atoms with E-state index in [0.717, 1.165) is 11.1 Å². The number of aliphatic carboxylic acids is 1. The number of amides is 2. The first-order valence-corrected chi connectivity index (χ1v) is 11.6. The van der Waals surface area contributed by atoms with Gasteiger partial charge in [0, 0.05) is 30.1 Å². The highest BCUT2D eigenvalue weighted by molar-refractivity contribution is 5.95. The number of carbonyl (C=O) groups is 3. The van der Waals surface area contributed by atoms with Crippen LogP contribution >= 0.6 is 0 Å². The molecule has 0 bridgehead atoms. The highest BCUT2D eigenvalue weighted by atomic mass is 16.5. The third kappa shape index (κ3) is 5.87. The lowest BCUT2D eigenvalue weighted by Crippen LogP contribution is -2.28. The molecule has 3 aromatic rings. The summed E-state index contributed by atoms with van der Waals surface area (Å²) in [6.45, 7) is 2.51. The van der Waals surface area contributed by atoms with Gasteiger partial charge in [-0.05, 0) is 58.9 Å². The maximum Gasteiger partial charge on any atom is 0.411 e. The van der Waals surface area contributed by atoms with Crippen molar-refractivity contribution in [3.63, 3.8) is 0 Å². The van der Waals surface area contributed by atoms with E-state index in [-0.39, 0.29) is 30.8 Å². The van der Waals surface area contributed by atoms with Gasteiger partial charge in [-0.25, -0.2) is 4.79 Å². The minimum atomic E-state index is -0.845. The van der Waals surface area contributed by atoms with Gasteiger partial charge in [0.25, 0.3) is 5.91 Å². The molecule has 1 aliphatic carbocycles. The SMILES string of the molecule is CC(CCC(=O)O)CNC(=O)c1ccc(NC(=O)OCC2c3ccccc3-c3ccccc32)cc1. The largest absolute Gasteiger partial charge is 0.481 e. The van der Waals surface area contributed by atoms with Crippen LogP contribution in [0.15, 0.2) is 72.8 Å². The van der Waals surface area contributed by atoms with Crippen LogP contribution in [-0.2, 0) is 9.53 Å². The predicted molar refractivity (Wildman–Crippen MR) is 134 cm³/mol. The molecule has 35 heavy (non-hydrogen) atoms. The fourth-order valence-electron chi connectivity index (χ4n) is 4.30. The van der Waals surface area contributed by atoms with E-state index in [1.54, 1.807) is 24.3 Å². The van der Waals surface area contributed by atoms with Crippen molar-refractivity contribution in [3.05, 3.63) is 89.5 Å². The Balaban J connectivity index is 1.29. The summed E-state index contributed by atoms with van der Waals surface area (Å²) >= 11 is 0. The van der Waals surface area contributed by atoms with Crippen molar-refractivity contribution in [1.82, 2.24) is 5.32 Å². The van der Waals surface area contributed by atoms with Gasteiger partial charge in [-0.3, -0.25) is 14.9 Å². The summed E-state index contributed by atoms with van der Waals surface area (Å²) in [4.78, 5) is 35.4. The van der Waals surface area contributed by atoms with Gasteiger partial charge in [0.05, 0.1) is 0 Å². The Kier molecular flexibility index (Phi) is 7.45. The average molecular weight is 473 g/mol. The highest BCUT2D eigenvalue weighted by Gasteiger charge is 2.29. The van der Waals surface area contributed by atoms with E-state index in [4.69, 9.17) is 9.84 Å². The van der Waals surface area contributed by atoms with Crippen LogP contribution in [0, 0.1) is 5.92 Å². The van der Waals surface area contributed by atoms with Crippen molar-refractivity contribution < 1.29 is 24.2 Å². The molecule has 0 heterocycles. The van der Waals surface area contributed by atoms with Crippen molar-refractivity contribution in [2.75, 3.05) is 18.5 Å². The van der Waals surface area contributed by atoms with E-state index in [2.05, 4.69) is 34.9 Å². The maximum absolute atomic E-state index is 12.4. The number of fused-ring (bicyclic) bond motifs is 3. The van der Waals surface area contributed by atoms with Gasteiger partial charge in [0.2, 0.25) is 0 Å². The lowest BCUT2D eigenvalue weighted by atomic mass is 9.98. The van der Waals surface area contributed by atoms with Crippen LogP contribution in [0.4, 0.5) is 10.5 Å². The van der Waals surface area contributed by atoms with E-state index < -0.39 is 12.1 Å². The molecule has 0 saturated carbocycles. The minimum absolute atomic E-state index is 0.0166. The van der Waals surface area contributed by atoms with Gasteiger partial charge in [0.15, 0.2) is 0 Å². The number of ether oxygens (including phenoxy) is 1. The Labute approximate surface area is 204 Å². The van der Waals surface area contributed by atoms with E-state index >= 15 is 0 Å². The number of benzene rings is 3. The molecule has 0 aromatic heterocycles. The Bertz CT molecular complexity index is 1180. The molecule has 0 fully saturated rings. The lowest BCUT2D eigenvalue weighted by Gasteiger charge is -2.15. The topological polar surface area (TPSA) is 105 Å². The number of carboxylic acid groups (broad SMARTS) is 1. The van der Waals surface area contributed by atoms with Crippen LogP contribution in [-0.4, -0.2) is 36.2 Å². The monoisotopic (exact) mass is 472 g/mol. The molecule has 1 aliphatic rings. The summed E-state index contributed by atoms with van der Waals surface area (Å²) in [5, 5.41) is 14.3. The lowest BCUT2D eigenvalue weighted by molar-refractivity contribution is -0.137. The Morgan fingerprint density at radius 2 is 1.51 bits per heavy atom. The van der Waals surface area contributed by atoms with Gasteiger partial charge in [0.1, 0.15) is 6.61 Å². The number of carboxylic acids is 1. The van der Waals surface area contributed by atoms with E-state index in [1.165, 1.54) is 11.1 Å². The fraction of sp³-hybridized carbons (Fsp3) is 0.250. The zero-order valence-corrected chi connectivity index (χ0v) is 19.5. The molecule has 0 aliphatic heterocycles. The second-order valence-electron chi connectivity index (χ2n) is 8.78. The standard InChI is InChI=1S/C28H28N2O5/c1-18(10-15-26(31)32)16-29-27(33)19-11-13-20(14-12-19)30-28(34)35-17-25-23-8-4-2-6-21(23)22-7-3-5-9-24(22)25/h2-9,11-14,18,25H,10,15-17H2,1H3,(H,29,33)(H,30,34)(H,31,32). The van der Waals surface area contributed by atoms with Gasteiger partial charge in [-0.1, -0.05) is 55.5 Å². The molecule has 1 atom stereocenters. The molecule has 2 amide bonds. The van der Waals surface area contributed by atoms with Crippen LogP contribution < -0.4 is 10.6 Å². The van der Waals surface area contributed by atoms with Gasteiger partial charge in [-0.2, -0.15) is 0 Å². The molecule has 3 aromatic carbocycles. The van der Waals surface area contributed by atoms with Crippen LogP contribution in [0.25, 0.3) is 11.1 Å². The molecule has 1 unspecified atom stereocenters. The van der Waals surface area contributed by atoms with E-state index in [9.17, 15) is 14.4 Å². The molecule has 7 nitrogen and oxygen atoms in total. The molecule has 3 N–H and O–H groups in total. The van der Waals surface area contributed by atoms with Gasteiger partial charge in [-0.15, -0.1) is 0 Å².